The molecule has 0 bridgehead atoms. The van der Waals surface area contributed by atoms with Crippen LogP contribution in [-0.2, 0) is 11.3 Å². The van der Waals surface area contributed by atoms with Crippen LogP contribution in [0.25, 0.3) is 11.3 Å². The minimum Gasteiger partial charge on any atom is -0.455 e. The Kier molecular flexibility index (Phi) is 4.01. The highest BCUT2D eigenvalue weighted by atomic mass is 16.5. The fourth-order valence-electron chi connectivity index (χ4n) is 3.13. The van der Waals surface area contributed by atoms with Gasteiger partial charge in [-0.05, 0) is 44.2 Å². The molecule has 0 aliphatic heterocycles. The second kappa shape index (κ2) is 6.48. The first-order valence-corrected chi connectivity index (χ1v) is 8.32. The van der Waals surface area contributed by atoms with E-state index in [-0.39, 0.29) is 12.6 Å². The van der Waals surface area contributed by atoms with Crippen LogP contribution in [-0.4, -0.2) is 24.9 Å². The van der Waals surface area contributed by atoms with Crippen LogP contribution in [0.15, 0.2) is 61.2 Å². The molecule has 4 rings (SSSR count). The van der Waals surface area contributed by atoms with Gasteiger partial charge in [-0.3, -0.25) is 4.98 Å². The van der Waals surface area contributed by atoms with Crippen LogP contribution in [0.3, 0.4) is 0 Å². The molecule has 6 heteroatoms. The Labute approximate surface area is 150 Å². The number of esters is 1. The van der Waals surface area contributed by atoms with Gasteiger partial charge < -0.3 is 13.7 Å². The highest BCUT2D eigenvalue weighted by Crippen LogP contribution is 2.21. The van der Waals surface area contributed by atoms with Gasteiger partial charge in [0.2, 0.25) is 0 Å². The molecule has 0 radical (unpaired) electrons. The zero-order valence-corrected chi connectivity index (χ0v) is 14.6. The largest absolute Gasteiger partial charge is 0.455 e. The predicted octanol–water partition coefficient (Wildman–Crippen LogP) is 3.49. The molecule has 0 N–H and O–H groups in total. The molecule has 0 aliphatic carbocycles. The predicted molar refractivity (Wildman–Crippen MR) is 97.3 cm³/mol. The molecule has 4 aromatic heterocycles. The lowest BCUT2D eigenvalue weighted by Crippen LogP contribution is -2.07. The van der Waals surface area contributed by atoms with Crippen LogP contribution in [0, 0.1) is 13.8 Å². The molecule has 6 nitrogen and oxygen atoms in total. The Morgan fingerprint density at radius 3 is 2.85 bits per heavy atom. The van der Waals surface area contributed by atoms with Crippen molar-refractivity contribution in [1.29, 1.82) is 0 Å². The third kappa shape index (κ3) is 2.86. The van der Waals surface area contributed by atoms with Gasteiger partial charge in [-0.15, -0.1) is 0 Å². The van der Waals surface area contributed by atoms with Gasteiger partial charge in [0.05, 0.1) is 23.1 Å². The summed E-state index contributed by atoms with van der Waals surface area (Å²) in [4.78, 5) is 21.2. The van der Waals surface area contributed by atoms with E-state index in [9.17, 15) is 4.79 Å². The monoisotopic (exact) mass is 346 g/mol. The molecule has 0 saturated carbocycles. The smallest absolute Gasteiger partial charge is 0.340 e. The molecule has 4 heterocycles. The number of rotatable bonds is 4. The Balaban J connectivity index is 1.55. The zero-order valence-electron chi connectivity index (χ0n) is 14.6. The van der Waals surface area contributed by atoms with E-state index < -0.39 is 0 Å². The van der Waals surface area contributed by atoms with Crippen LogP contribution in [0.2, 0.25) is 0 Å². The topological polar surface area (TPSA) is 61.4 Å². The minimum atomic E-state index is -0.356. The summed E-state index contributed by atoms with van der Waals surface area (Å²) < 4.78 is 9.38. The molecule has 0 aliphatic rings. The van der Waals surface area contributed by atoms with E-state index in [1.54, 1.807) is 12.4 Å². The van der Waals surface area contributed by atoms with E-state index in [4.69, 9.17) is 4.74 Å². The fourth-order valence-corrected chi connectivity index (χ4v) is 3.13. The summed E-state index contributed by atoms with van der Waals surface area (Å²) in [5.74, 6) is -0.356. The first-order valence-electron chi connectivity index (χ1n) is 8.32. The molecule has 0 amide bonds. The zero-order chi connectivity index (χ0) is 18.1. The van der Waals surface area contributed by atoms with Crippen molar-refractivity contribution in [3.8, 4) is 5.69 Å². The van der Waals surface area contributed by atoms with Crippen molar-refractivity contribution in [3.05, 3.63) is 83.8 Å². The average Bonchev–Trinajstić information content (AvgIpc) is 3.20. The Bertz CT molecular complexity index is 1050. The van der Waals surface area contributed by atoms with Crippen molar-refractivity contribution < 1.29 is 9.53 Å². The third-order valence-electron chi connectivity index (χ3n) is 4.32. The summed E-state index contributed by atoms with van der Waals surface area (Å²) in [6.45, 7) is 4.00. The van der Waals surface area contributed by atoms with E-state index in [1.165, 1.54) is 0 Å². The van der Waals surface area contributed by atoms with Gasteiger partial charge in [-0.2, -0.15) is 0 Å². The lowest BCUT2D eigenvalue weighted by Gasteiger charge is -2.09. The van der Waals surface area contributed by atoms with Gasteiger partial charge in [0.25, 0.3) is 0 Å². The van der Waals surface area contributed by atoms with Crippen LogP contribution >= 0.6 is 0 Å². The van der Waals surface area contributed by atoms with Crippen LogP contribution in [0.4, 0.5) is 0 Å². The van der Waals surface area contributed by atoms with Crippen LogP contribution in [0.1, 0.15) is 27.4 Å². The number of carbonyl (C=O) groups excluding carboxylic acids is 1. The van der Waals surface area contributed by atoms with Gasteiger partial charge in [0.15, 0.2) is 0 Å². The van der Waals surface area contributed by atoms with Gasteiger partial charge in [0.1, 0.15) is 12.3 Å². The van der Waals surface area contributed by atoms with Crippen molar-refractivity contribution in [2.75, 3.05) is 0 Å². The number of carbonyl (C=O) groups is 1. The number of hydrogen-bond acceptors (Lipinski definition) is 4. The second-order valence-corrected chi connectivity index (χ2v) is 6.11. The Hall–Kier alpha value is -3.41. The maximum atomic E-state index is 12.6. The lowest BCUT2D eigenvalue weighted by molar-refractivity contribution is 0.0467. The molecule has 0 fully saturated rings. The minimum absolute atomic E-state index is 0.136. The van der Waals surface area contributed by atoms with E-state index >= 15 is 0 Å². The van der Waals surface area contributed by atoms with Gasteiger partial charge in [0, 0.05) is 30.0 Å². The summed E-state index contributed by atoms with van der Waals surface area (Å²) in [5, 5.41) is 0. The standard InChI is InChI=1S/C20H18N4O2/c1-14-10-18(15(2)24(14)17-6-5-8-21-11-17)20(25)26-13-16-12-23-9-4-3-7-19(23)22-16/h3-12H,13H2,1-2H3. The summed E-state index contributed by atoms with van der Waals surface area (Å²) in [6.07, 6.45) is 7.27. The quantitative estimate of drug-likeness (QED) is 0.531. The molecule has 0 saturated heterocycles. The normalized spacial score (nSPS) is 11.0. The van der Waals surface area contributed by atoms with E-state index in [0.29, 0.717) is 11.3 Å². The first kappa shape index (κ1) is 16.1. The number of hydrogen-bond donors (Lipinski definition) is 0. The highest BCUT2D eigenvalue weighted by Gasteiger charge is 2.18. The van der Waals surface area contributed by atoms with Gasteiger partial charge in [-0.1, -0.05) is 6.07 Å². The number of imidazole rings is 1. The van der Waals surface area contributed by atoms with Gasteiger partial charge >= 0.3 is 5.97 Å². The van der Waals surface area contributed by atoms with Crippen molar-refractivity contribution in [2.24, 2.45) is 0 Å². The number of fused-ring (bicyclic) bond motifs is 1. The highest BCUT2D eigenvalue weighted by molar-refractivity contribution is 5.91. The third-order valence-corrected chi connectivity index (χ3v) is 4.32. The molecule has 0 unspecified atom stereocenters. The van der Waals surface area contributed by atoms with Crippen molar-refractivity contribution in [2.45, 2.75) is 20.5 Å². The number of pyridine rings is 2. The fraction of sp³-hybridized carbons (Fsp3) is 0.150. The average molecular weight is 346 g/mol. The lowest BCUT2D eigenvalue weighted by atomic mass is 10.2. The van der Waals surface area contributed by atoms with Crippen molar-refractivity contribution in [3.63, 3.8) is 0 Å². The van der Waals surface area contributed by atoms with Crippen molar-refractivity contribution in [1.82, 2.24) is 18.9 Å². The number of nitrogens with zero attached hydrogens (tertiary/aromatic N) is 4. The van der Waals surface area contributed by atoms with E-state index in [0.717, 1.165) is 22.7 Å². The molecule has 0 spiro atoms. The SMILES string of the molecule is Cc1cc(C(=O)OCc2cn3ccccc3n2)c(C)n1-c1cccnc1. The number of aryl methyl sites for hydroxylation is 1. The van der Waals surface area contributed by atoms with Crippen LogP contribution < -0.4 is 0 Å². The summed E-state index contributed by atoms with van der Waals surface area (Å²) in [7, 11) is 0. The van der Waals surface area contributed by atoms with Gasteiger partial charge in [-0.25, -0.2) is 9.78 Å². The molecule has 26 heavy (non-hydrogen) atoms. The van der Waals surface area contributed by atoms with E-state index in [2.05, 4.69) is 9.97 Å². The summed E-state index contributed by atoms with van der Waals surface area (Å²) >= 11 is 0. The number of ether oxygens (including phenoxy) is 1. The molecule has 4 aromatic rings. The molecule has 130 valence electrons. The maximum absolute atomic E-state index is 12.6. The summed E-state index contributed by atoms with van der Waals surface area (Å²) in [5.41, 5.74) is 4.79. The first-order chi connectivity index (χ1) is 12.6. The Morgan fingerprint density at radius 2 is 2.08 bits per heavy atom. The summed E-state index contributed by atoms with van der Waals surface area (Å²) in [6, 6.07) is 11.4. The molecule has 0 atom stereocenters. The second-order valence-electron chi connectivity index (χ2n) is 6.11. The molecular formula is C20H18N4O2. The van der Waals surface area contributed by atoms with E-state index in [1.807, 2.05) is 71.6 Å². The molecular weight excluding hydrogens is 328 g/mol. The maximum Gasteiger partial charge on any atom is 0.340 e. The Morgan fingerprint density at radius 1 is 1.19 bits per heavy atom. The molecule has 0 aromatic carbocycles. The number of aromatic nitrogens is 4. The van der Waals surface area contributed by atoms with Crippen LogP contribution in [0.5, 0.6) is 0 Å². The van der Waals surface area contributed by atoms with Crippen molar-refractivity contribution >= 4 is 11.6 Å².